The van der Waals surface area contributed by atoms with E-state index in [2.05, 4.69) is 0 Å². The van der Waals surface area contributed by atoms with Gasteiger partial charge in [0.05, 0.1) is 6.26 Å². The van der Waals surface area contributed by atoms with Crippen LogP contribution < -0.4 is 0 Å². The summed E-state index contributed by atoms with van der Waals surface area (Å²) in [6.07, 6.45) is 1.81. The third-order valence-corrected chi connectivity index (χ3v) is 5.41. The summed E-state index contributed by atoms with van der Waals surface area (Å²) in [7, 11) is -3.58. The number of rotatable bonds is 7. The lowest BCUT2D eigenvalue weighted by Gasteiger charge is -2.33. The van der Waals surface area contributed by atoms with Crippen LogP contribution >= 0.6 is 0 Å². The number of halogens is 1. The van der Waals surface area contributed by atoms with Crippen molar-refractivity contribution in [1.29, 1.82) is 0 Å². The van der Waals surface area contributed by atoms with Gasteiger partial charge in [-0.15, -0.1) is 0 Å². The van der Waals surface area contributed by atoms with Crippen LogP contribution in [0.3, 0.4) is 0 Å². The molecular formula is C16H22FN3O4S. The zero-order valence-corrected chi connectivity index (χ0v) is 14.9. The number of benzene rings is 1. The minimum atomic E-state index is -3.58. The summed E-state index contributed by atoms with van der Waals surface area (Å²) in [6.45, 7) is 1.69. The lowest BCUT2D eigenvalue weighted by atomic mass is 10.2. The number of piperazine rings is 1. The highest BCUT2D eigenvalue weighted by molar-refractivity contribution is 7.88. The summed E-state index contributed by atoms with van der Waals surface area (Å²) in [5, 5.41) is 0. The van der Waals surface area contributed by atoms with Gasteiger partial charge in [-0.3, -0.25) is 9.59 Å². The van der Waals surface area contributed by atoms with Crippen LogP contribution in [0.2, 0.25) is 0 Å². The number of carbonyl (C=O) groups excluding carboxylic acids is 2. The molecule has 25 heavy (non-hydrogen) atoms. The first-order valence-electron chi connectivity index (χ1n) is 7.97. The Labute approximate surface area is 147 Å². The summed E-state index contributed by atoms with van der Waals surface area (Å²) >= 11 is 0. The van der Waals surface area contributed by atoms with Crippen molar-refractivity contribution in [2.45, 2.75) is 13.0 Å². The Morgan fingerprint density at radius 1 is 1.24 bits per heavy atom. The van der Waals surface area contributed by atoms with Crippen molar-refractivity contribution in [3.8, 4) is 0 Å². The molecule has 0 bridgehead atoms. The maximum Gasteiger partial charge on any atom is 0.224 e. The zero-order valence-electron chi connectivity index (χ0n) is 14.1. The van der Waals surface area contributed by atoms with Crippen LogP contribution in [0.25, 0.3) is 0 Å². The minimum Gasteiger partial charge on any atom is -0.342 e. The Balaban J connectivity index is 1.95. The molecule has 7 nitrogen and oxygen atoms in total. The molecular weight excluding hydrogens is 349 g/mol. The van der Waals surface area contributed by atoms with Gasteiger partial charge in [0.15, 0.2) is 0 Å². The highest BCUT2D eigenvalue weighted by Gasteiger charge is 2.23. The first-order chi connectivity index (χ1) is 11.8. The van der Waals surface area contributed by atoms with E-state index in [0.717, 1.165) is 17.0 Å². The third-order valence-electron chi connectivity index (χ3n) is 4.16. The monoisotopic (exact) mass is 371 g/mol. The van der Waals surface area contributed by atoms with E-state index in [0.29, 0.717) is 26.2 Å². The third kappa shape index (κ3) is 5.50. The van der Waals surface area contributed by atoms with Crippen molar-refractivity contribution in [3.63, 3.8) is 0 Å². The van der Waals surface area contributed by atoms with Crippen LogP contribution in [-0.4, -0.2) is 73.8 Å². The molecule has 1 aromatic rings. The van der Waals surface area contributed by atoms with E-state index in [1.807, 2.05) is 0 Å². The molecule has 1 heterocycles. The Morgan fingerprint density at radius 3 is 2.44 bits per heavy atom. The van der Waals surface area contributed by atoms with Crippen molar-refractivity contribution >= 4 is 22.3 Å². The SMILES string of the molecule is CS(=O)(=O)N(CCC(=O)N1CCN(C=O)CC1)Cc1ccccc1F. The van der Waals surface area contributed by atoms with Gasteiger partial charge in [-0.1, -0.05) is 18.2 Å². The molecule has 0 saturated carbocycles. The fourth-order valence-electron chi connectivity index (χ4n) is 2.63. The largest absolute Gasteiger partial charge is 0.342 e. The Kier molecular flexibility index (Phi) is 6.49. The lowest BCUT2D eigenvalue weighted by molar-refractivity contribution is -0.135. The van der Waals surface area contributed by atoms with Crippen molar-refractivity contribution < 1.29 is 22.4 Å². The topological polar surface area (TPSA) is 78.0 Å². The average Bonchev–Trinajstić information content (AvgIpc) is 2.59. The molecule has 9 heteroatoms. The van der Waals surface area contributed by atoms with Crippen molar-refractivity contribution in [2.75, 3.05) is 39.0 Å². The predicted octanol–water partition coefficient (Wildman–Crippen LogP) is 0.278. The lowest BCUT2D eigenvalue weighted by Crippen LogP contribution is -2.48. The zero-order chi connectivity index (χ0) is 18.4. The Hall–Kier alpha value is -2.00. The van der Waals surface area contributed by atoms with E-state index in [1.54, 1.807) is 15.9 Å². The number of hydrogen-bond acceptors (Lipinski definition) is 4. The molecule has 0 aliphatic carbocycles. The van der Waals surface area contributed by atoms with Gasteiger partial charge in [-0.05, 0) is 6.07 Å². The predicted molar refractivity (Wildman–Crippen MR) is 90.5 cm³/mol. The second-order valence-electron chi connectivity index (χ2n) is 5.96. The number of nitrogens with zero attached hydrogens (tertiary/aromatic N) is 3. The highest BCUT2D eigenvalue weighted by atomic mass is 32.2. The van der Waals surface area contributed by atoms with Gasteiger partial charge in [0.2, 0.25) is 22.3 Å². The van der Waals surface area contributed by atoms with Crippen LogP contribution in [0.5, 0.6) is 0 Å². The molecule has 1 aromatic carbocycles. The first kappa shape index (κ1) is 19.3. The molecule has 0 N–H and O–H groups in total. The van der Waals surface area contributed by atoms with Crippen LogP contribution in [0.15, 0.2) is 24.3 Å². The van der Waals surface area contributed by atoms with Crippen molar-refractivity contribution in [1.82, 2.24) is 14.1 Å². The molecule has 0 unspecified atom stereocenters. The molecule has 0 spiro atoms. The van der Waals surface area contributed by atoms with E-state index in [1.165, 1.54) is 18.2 Å². The molecule has 2 rings (SSSR count). The molecule has 0 radical (unpaired) electrons. The van der Waals surface area contributed by atoms with Gasteiger partial charge in [0.25, 0.3) is 0 Å². The molecule has 2 amide bonds. The van der Waals surface area contributed by atoms with E-state index < -0.39 is 15.8 Å². The van der Waals surface area contributed by atoms with E-state index in [9.17, 15) is 22.4 Å². The van der Waals surface area contributed by atoms with Gasteiger partial charge in [-0.2, -0.15) is 4.31 Å². The summed E-state index contributed by atoms with van der Waals surface area (Å²) in [6, 6.07) is 5.96. The van der Waals surface area contributed by atoms with Gasteiger partial charge in [0.1, 0.15) is 5.82 Å². The fourth-order valence-corrected chi connectivity index (χ4v) is 3.43. The van der Waals surface area contributed by atoms with E-state index in [4.69, 9.17) is 0 Å². The van der Waals surface area contributed by atoms with Crippen molar-refractivity contribution in [3.05, 3.63) is 35.6 Å². The van der Waals surface area contributed by atoms with Crippen LogP contribution in [0.4, 0.5) is 4.39 Å². The molecule has 0 atom stereocenters. The molecule has 1 aliphatic rings. The van der Waals surface area contributed by atoms with Gasteiger partial charge >= 0.3 is 0 Å². The Morgan fingerprint density at radius 2 is 1.88 bits per heavy atom. The summed E-state index contributed by atoms with van der Waals surface area (Å²) in [5.41, 5.74) is 0.264. The van der Waals surface area contributed by atoms with E-state index >= 15 is 0 Å². The van der Waals surface area contributed by atoms with E-state index in [-0.39, 0.29) is 31.0 Å². The quantitative estimate of drug-likeness (QED) is 0.645. The molecule has 1 saturated heterocycles. The molecule has 0 aromatic heterocycles. The minimum absolute atomic E-state index is 0.0140. The van der Waals surface area contributed by atoms with Gasteiger partial charge in [0, 0.05) is 51.3 Å². The van der Waals surface area contributed by atoms with Gasteiger partial charge < -0.3 is 9.80 Å². The summed E-state index contributed by atoms with van der Waals surface area (Å²) in [5.74, 6) is -0.653. The first-order valence-corrected chi connectivity index (χ1v) is 9.81. The maximum absolute atomic E-state index is 13.8. The van der Waals surface area contributed by atoms with Crippen molar-refractivity contribution in [2.24, 2.45) is 0 Å². The number of carbonyl (C=O) groups is 2. The average molecular weight is 371 g/mol. The summed E-state index contributed by atoms with van der Waals surface area (Å²) < 4.78 is 38.8. The normalized spacial score (nSPS) is 15.5. The number of sulfonamides is 1. The smallest absolute Gasteiger partial charge is 0.224 e. The number of amides is 2. The highest BCUT2D eigenvalue weighted by Crippen LogP contribution is 2.13. The molecule has 1 aliphatic heterocycles. The maximum atomic E-state index is 13.8. The van der Waals surface area contributed by atoms with Gasteiger partial charge in [-0.25, -0.2) is 12.8 Å². The number of hydrogen-bond donors (Lipinski definition) is 0. The second-order valence-corrected chi connectivity index (χ2v) is 7.94. The molecule has 138 valence electrons. The van der Waals surface area contributed by atoms with Crippen LogP contribution in [-0.2, 0) is 26.2 Å². The molecule has 1 fully saturated rings. The standard InChI is InChI=1S/C16H22FN3O4S/c1-25(23,24)20(12-14-4-2-3-5-15(14)17)7-6-16(22)19-10-8-18(13-21)9-11-19/h2-5,13H,6-12H2,1H3. The van der Waals surface area contributed by atoms with Crippen LogP contribution in [0, 0.1) is 5.82 Å². The Bertz CT molecular complexity index is 718. The fraction of sp³-hybridized carbons (Fsp3) is 0.500. The second kappa shape index (κ2) is 8.39. The summed E-state index contributed by atoms with van der Waals surface area (Å²) in [4.78, 5) is 26.2. The van der Waals surface area contributed by atoms with Crippen LogP contribution in [0.1, 0.15) is 12.0 Å².